The summed E-state index contributed by atoms with van der Waals surface area (Å²) in [5.41, 5.74) is 8.87. The first-order chi connectivity index (χ1) is 11.1. The van der Waals surface area contributed by atoms with E-state index in [0.717, 1.165) is 30.0 Å². The Morgan fingerprint density at radius 3 is 2.74 bits per heavy atom. The van der Waals surface area contributed by atoms with Crippen LogP contribution in [0.25, 0.3) is 0 Å². The molecule has 1 aromatic heterocycles. The van der Waals surface area contributed by atoms with Crippen LogP contribution in [0.4, 0.5) is 11.5 Å². The van der Waals surface area contributed by atoms with Crippen molar-refractivity contribution in [2.75, 3.05) is 23.7 Å². The van der Waals surface area contributed by atoms with Crippen molar-refractivity contribution < 1.29 is 4.79 Å². The van der Waals surface area contributed by atoms with Gasteiger partial charge in [0.05, 0.1) is 0 Å². The van der Waals surface area contributed by atoms with E-state index in [9.17, 15) is 4.79 Å². The Morgan fingerprint density at radius 1 is 1.26 bits per heavy atom. The number of amides is 1. The van der Waals surface area contributed by atoms with E-state index in [1.54, 1.807) is 12.1 Å². The quantitative estimate of drug-likeness (QED) is 0.851. The van der Waals surface area contributed by atoms with Crippen molar-refractivity contribution in [2.45, 2.75) is 26.3 Å². The lowest BCUT2D eigenvalue weighted by atomic mass is 10.1. The van der Waals surface area contributed by atoms with Crippen LogP contribution in [0, 0.1) is 6.92 Å². The van der Waals surface area contributed by atoms with Crippen LogP contribution < -0.4 is 16.0 Å². The second-order valence-corrected chi connectivity index (χ2v) is 5.98. The number of nitrogens with two attached hydrogens (primary N) is 1. The monoisotopic (exact) mass is 310 g/mol. The highest BCUT2D eigenvalue weighted by Gasteiger charge is 2.13. The molecule has 1 aromatic carbocycles. The minimum absolute atomic E-state index is 0.113. The lowest BCUT2D eigenvalue weighted by Gasteiger charge is -2.16. The topological polar surface area (TPSA) is 71.2 Å². The van der Waals surface area contributed by atoms with Crippen molar-refractivity contribution in [3.63, 3.8) is 0 Å². The largest absolute Gasteiger partial charge is 0.399 e. The number of hydrogen-bond donors (Lipinski definition) is 2. The van der Waals surface area contributed by atoms with Crippen molar-refractivity contribution in [1.29, 1.82) is 0 Å². The Kier molecular flexibility index (Phi) is 4.46. The van der Waals surface area contributed by atoms with E-state index in [2.05, 4.69) is 15.2 Å². The Bertz CT molecular complexity index is 691. The molecule has 1 amide bonds. The van der Waals surface area contributed by atoms with Gasteiger partial charge in [-0.05, 0) is 49.1 Å². The molecule has 0 aliphatic carbocycles. The molecule has 3 N–H and O–H groups in total. The lowest BCUT2D eigenvalue weighted by Crippen LogP contribution is -2.24. The summed E-state index contributed by atoms with van der Waals surface area (Å²) in [6.07, 6.45) is 4.30. The molecule has 2 heterocycles. The lowest BCUT2D eigenvalue weighted by molar-refractivity contribution is 0.0950. The summed E-state index contributed by atoms with van der Waals surface area (Å²) in [5.74, 6) is 0.905. The highest BCUT2D eigenvalue weighted by atomic mass is 16.1. The third-order valence-electron chi connectivity index (χ3n) is 4.20. The fraction of sp³-hybridized carbons (Fsp3) is 0.333. The fourth-order valence-electron chi connectivity index (χ4n) is 2.82. The number of benzene rings is 1. The summed E-state index contributed by atoms with van der Waals surface area (Å²) in [7, 11) is 0. The smallest absolute Gasteiger partial charge is 0.251 e. The molecule has 0 spiro atoms. The molecule has 1 aliphatic heterocycles. The normalized spacial score (nSPS) is 14.0. The molecule has 0 bridgehead atoms. The Balaban J connectivity index is 1.61. The summed E-state index contributed by atoms with van der Waals surface area (Å²) >= 11 is 0. The second-order valence-electron chi connectivity index (χ2n) is 5.98. The molecular formula is C18H22N4O. The average Bonchev–Trinajstić information content (AvgIpc) is 3.10. The van der Waals surface area contributed by atoms with Gasteiger partial charge in [0.2, 0.25) is 0 Å². The van der Waals surface area contributed by atoms with E-state index >= 15 is 0 Å². The molecule has 0 saturated carbocycles. The van der Waals surface area contributed by atoms with Gasteiger partial charge in [-0.3, -0.25) is 4.79 Å². The molecule has 23 heavy (non-hydrogen) atoms. The molecule has 120 valence electrons. The summed E-state index contributed by atoms with van der Waals surface area (Å²) in [6.45, 7) is 4.52. The first-order valence-corrected chi connectivity index (χ1v) is 7.98. The summed E-state index contributed by atoms with van der Waals surface area (Å²) < 4.78 is 0. The summed E-state index contributed by atoms with van der Waals surface area (Å²) in [5, 5.41) is 2.92. The zero-order chi connectivity index (χ0) is 16.2. The molecular weight excluding hydrogens is 288 g/mol. The number of aryl methyl sites for hydroxylation is 1. The van der Waals surface area contributed by atoms with Crippen LogP contribution in [0.2, 0.25) is 0 Å². The molecule has 1 saturated heterocycles. The van der Waals surface area contributed by atoms with Crippen LogP contribution in [0.3, 0.4) is 0 Å². The number of pyridine rings is 1. The van der Waals surface area contributed by atoms with Gasteiger partial charge in [-0.25, -0.2) is 4.98 Å². The Hall–Kier alpha value is -2.56. The highest BCUT2D eigenvalue weighted by Crippen LogP contribution is 2.17. The number of nitrogens with zero attached hydrogens (tertiary/aromatic N) is 2. The minimum Gasteiger partial charge on any atom is -0.399 e. The van der Waals surface area contributed by atoms with Gasteiger partial charge in [0.15, 0.2) is 0 Å². The van der Waals surface area contributed by atoms with Gasteiger partial charge in [-0.15, -0.1) is 0 Å². The molecule has 5 nitrogen and oxygen atoms in total. The van der Waals surface area contributed by atoms with Gasteiger partial charge in [0, 0.05) is 37.1 Å². The Morgan fingerprint density at radius 2 is 2.04 bits per heavy atom. The van der Waals surface area contributed by atoms with Gasteiger partial charge in [0.25, 0.3) is 5.91 Å². The number of nitrogens with one attached hydrogen (secondary N) is 1. The van der Waals surface area contributed by atoms with Crippen LogP contribution in [0.15, 0.2) is 36.5 Å². The SMILES string of the molecule is Cc1ccc(N)cc1C(=O)NCc1ccc(N2CCCC2)nc1. The third-order valence-corrected chi connectivity index (χ3v) is 4.20. The second kappa shape index (κ2) is 6.69. The van der Waals surface area contributed by atoms with E-state index in [1.807, 2.05) is 31.3 Å². The maximum atomic E-state index is 12.3. The van der Waals surface area contributed by atoms with E-state index in [1.165, 1.54) is 12.8 Å². The van der Waals surface area contributed by atoms with Gasteiger partial charge >= 0.3 is 0 Å². The van der Waals surface area contributed by atoms with E-state index < -0.39 is 0 Å². The number of hydrogen-bond acceptors (Lipinski definition) is 4. The minimum atomic E-state index is -0.113. The van der Waals surface area contributed by atoms with Crippen LogP contribution in [0.5, 0.6) is 0 Å². The number of rotatable bonds is 4. The highest BCUT2D eigenvalue weighted by molar-refractivity contribution is 5.96. The van der Waals surface area contributed by atoms with Gasteiger partial charge in [0.1, 0.15) is 5.82 Å². The first kappa shape index (κ1) is 15.3. The molecule has 1 aliphatic rings. The van der Waals surface area contributed by atoms with Crippen molar-refractivity contribution in [3.05, 3.63) is 53.2 Å². The average molecular weight is 310 g/mol. The van der Waals surface area contributed by atoms with Gasteiger partial charge < -0.3 is 16.0 Å². The zero-order valence-corrected chi connectivity index (χ0v) is 13.4. The van der Waals surface area contributed by atoms with Crippen LogP contribution in [0.1, 0.15) is 34.3 Å². The van der Waals surface area contributed by atoms with Crippen molar-refractivity contribution >= 4 is 17.4 Å². The molecule has 0 atom stereocenters. The molecule has 0 unspecified atom stereocenters. The number of nitrogen functional groups attached to an aromatic ring is 1. The van der Waals surface area contributed by atoms with E-state index in [0.29, 0.717) is 17.8 Å². The van der Waals surface area contributed by atoms with Crippen molar-refractivity contribution in [1.82, 2.24) is 10.3 Å². The van der Waals surface area contributed by atoms with Crippen molar-refractivity contribution in [2.24, 2.45) is 0 Å². The van der Waals surface area contributed by atoms with Gasteiger partial charge in [-0.2, -0.15) is 0 Å². The standard InChI is InChI=1S/C18H22N4O/c1-13-4-6-15(19)10-16(13)18(23)21-12-14-5-7-17(20-11-14)22-8-2-3-9-22/h4-7,10-11H,2-3,8-9,12,19H2,1H3,(H,21,23). The summed E-state index contributed by atoms with van der Waals surface area (Å²) in [4.78, 5) is 19.1. The maximum Gasteiger partial charge on any atom is 0.251 e. The maximum absolute atomic E-state index is 12.3. The van der Waals surface area contributed by atoms with Crippen LogP contribution in [-0.4, -0.2) is 24.0 Å². The van der Waals surface area contributed by atoms with Crippen LogP contribution in [-0.2, 0) is 6.54 Å². The number of carbonyl (C=O) groups is 1. The summed E-state index contributed by atoms with van der Waals surface area (Å²) in [6, 6.07) is 9.41. The van der Waals surface area contributed by atoms with E-state index in [4.69, 9.17) is 5.73 Å². The zero-order valence-electron chi connectivity index (χ0n) is 13.4. The molecule has 5 heteroatoms. The molecule has 1 fully saturated rings. The number of anilines is 2. The Labute approximate surface area is 136 Å². The number of aromatic nitrogens is 1. The first-order valence-electron chi connectivity index (χ1n) is 7.98. The molecule has 2 aromatic rings. The van der Waals surface area contributed by atoms with Gasteiger partial charge in [-0.1, -0.05) is 12.1 Å². The third kappa shape index (κ3) is 3.62. The fourth-order valence-corrected chi connectivity index (χ4v) is 2.82. The van der Waals surface area contributed by atoms with Crippen molar-refractivity contribution in [3.8, 4) is 0 Å². The predicted molar refractivity (Wildman–Crippen MR) is 92.4 cm³/mol. The molecule has 0 radical (unpaired) electrons. The number of carbonyl (C=O) groups excluding carboxylic acids is 1. The molecule has 3 rings (SSSR count). The van der Waals surface area contributed by atoms with Crippen LogP contribution >= 0.6 is 0 Å². The van der Waals surface area contributed by atoms with E-state index in [-0.39, 0.29) is 5.91 Å². The predicted octanol–water partition coefficient (Wildman–Crippen LogP) is 2.50.